The summed E-state index contributed by atoms with van der Waals surface area (Å²) in [5, 5.41) is 18.4. The van der Waals surface area contributed by atoms with Crippen molar-refractivity contribution in [3.63, 3.8) is 0 Å². The van der Waals surface area contributed by atoms with E-state index in [1.54, 1.807) is 18.3 Å². The van der Waals surface area contributed by atoms with Gasteiger partial charge in [0.05, 0.1) is 41.4 Å². The number of hydrogen-bond donors (Lipinski definition) is 2. The van der Waals surface area contributed by atoms with Crippen LogP contribution in [0.2, 0.25) is 5.02 Å². The monoisotopic (exact) mass is 541 g/mol. The molecule has 2 saturated carbocycles. The summed E-state index contributed by atoms with van der Waals surface area (Å²) in [5.41, 5.74) is 4.09. The normalized spacial score (nSPS) is 24.9. The lowest BCUT2D eigenvalue weighted by Crippen LogP contribution is -2.57. The first-order chi connectivity index (χ1) is 18.9. The molecule has 2 N–H and O–H groups in total. The van der Waals surface area contributed by atoms with E-state index >= 15 is 0 Å². The Morgan fingerprint density at radius 3 is 2.28 bits per heavy atom. The topological polar surface area (TPSA) is 93.5 Å². The molecule has 1 spiro atoms. The second-order valence-corrected chi connectivity index (χ2v) is 11.8. The molecule has 7 nitrogen and oxygen atoms in total. The van der Waals surface area contributed by atoms with E-state index in [1.165, 1.54) is 0 Å². The van der Waals surface area contributed by atoms with Crippen molar-refractivity contribution >= 4 is 34.4 Å². The molecule has 1 aliphatic heterocycles. The summed E-state index contributed by atoms with van der Waals surface area (Å²) in [6.07, 6.45) is 4.79. The van der Waals surface area contributed by atoms with E-state index in [-0.39, 0.29) is 23.3 Å². The molecular weight excluding hydrogens is 514 g/mol. The van der Waals surface area contributed by atoms with Crippen LogP contribution in [0.5, 0.6) is 0 Å². The van der Waals surface area contributed by atoms with Crippen molar-refractivity contribution in [3.05, 3.63) is 89.1 Å². The molecule has 8 heteroatoms. The summed E-state index contributed by atoms with van der Waals surface area (Å²) >= 11 is 6.58. The minimum atomic E-state index is -0.714. The minimum Gasteiger partial charge on any atom is -0.481 e. The van der Waals surface area contributed by atoms with Crippen molar-refractivity contribution in [2.75, 3.05) is 13.2 Å². The van der Waals surface area contributed by atoms with E-state index in [9.17, 15) is 14.7 Å². The molecule has 2 aliphatic carbocycles. The maximum atomic E-state index is 13.6. The van der Waals surface area contributed by atoms with E-state index in [2.05, 4.69) is 41.7 Å². The number of ether oxygens (including phenoxy) is 1. The molecule has 1 amide bonds. The molecule has 1 saturated heterocycles. The Morgan fingerprint density at radius 1 is 0.949 bits per heavy atom. The van der Waals surface area contributed by atoms with Gasteiger partial charge in [-0.1, -0.05) is 66.2 Å². The fraction of sp³-hybridized carbons (Fsp3) is 0.323. The van der Waals surface area contributed by atoms with E-state index in [1.807, 2.05) is 22.9 Å². The lowest BCUT2D eigenvalue weighted by molar-refractivity contribution is -0.155. The van der Waals surface area contributed by atoms with E-state index in [0.29, 0.717) is 42.2 Å². The minimum absolute atomic E-state index is 0.0425. The average Bonchev–Trinajstić information content (AvgIpc) is 3.31. The van der Waals surface area contributed by atoms with Gasteiger partial charge < -0.3 is 15.2 Å². The van der Waals surface area contributed by atoms with Crippen LogP contribution in [-0.2, 0) is 15.1 Å². The number of fused-ring (bicyclic) bond motifs is 1. The SMILES string of the molecule is O=C(NC1CC2(C1)CC(C(=O)O)C2)c1ccc(Cl)c2cnn(C3(c4ccc(-c5ccccc5)cc4)COC3)c12. The summed E-state index contributed by atoms with van der Waals surface area (Å²) in [7, 11) is 0. The number of amides is 1. The molecule has 0 atom stereocenters. The van der Waals surface area contributed by atoms with Gasteiger partial charge in [0, 0.05) is 11.4 Å². The summed E-state index contributed by atoms with van der Waals surface area (Å²) in [6, 6.07) is 22.2. The first-order valence-electron chi connectivity index (χ1n) is 13.3. The first-order valence-corrected chi connectivity index (χ1v) is 13.7. The van der Waals surface area contributed by atoms with Gasteiger partial charge in [-0.15, -0.1) is 0 Å². The molecular formula is C31H28ClN3O4. The summed E-state index contributed by atoms with van der Waals surface area (Å²) in [5.74, 6) is -1.12. The molecule has 198 valence electrons. The van der Waals surface area contributed by atoms with E-state index < -0.39 is 11.5 Å². The number of carbonyl (C=O) groups is 2. The van der Waals surface area contributed by atoms with Crippen LogP contribution >= 0.6 is 11.6 Å². The number of nitrogens with zero attached hydrogens (tertiary/aromatic N) is 2. The van der Waals surface area contributed by atoms with Crippen LogP contribution < -0.4 is 5.32 Å². The fourth-order valence-electron chi connectivity index (χ4n) is 6.77. The Morgan fingerprint density at radius 2 is 1.64 bits per heavy atom. The highest BCUT2D eigenvalue weighted by Gasteiger charge is 2.55. The molecule has 3 aromatic carbocycles. The van der Waals surface area contributed by atoms with E-state index in [4.69, 9.17) is 21.4 Å². The van der Waals surface area contributed by atoms with Gasteiger partial charge in [-0.25, -0.2) is 4.68 Å². The lowest BCUT2D eigenvalue weighted by Gasteiger charge is -2.56. The van der Waals surface area contributed by atoms with Gasteiger partial charge in [-0.05, 0) is 59.9 Å². The van der Waals surface area contributed by atoms with Crippen molar-refractivity contribution < 1.29 is 19.4 Å². The summed E-state index contributed by atoms with van der Waals surface area (Å²) in [4.78, 5) is 24.8. The van der Waals surface area contributed by atoms with Gasteiger partial charge in [0.25, 0.3) is 5.91 Å². The van der Waals surface area contributed by atoms with Crippen LogP contribution in [0.15, 0.2) is 72.9 Å². The number of hydrogen-bond acceptors (Lipinski definition) is 4. The maximum Gasteiger partial charge on any atom is 0.306 e. The van der Waals surface area contributed by atoms with Gasteiger partial charge in [0.1, 0.15) is 5.54 Å². The highest BCUT2D eigenvalue weighted by atomic mass is 35.5. The van der Waals surface area contributed by atoms with Crippen LogP contribution in [0, 0.1) is 11.3 Å². The maximum absolute atomic E-state index is 13.6. The number of halogens is 1. The number of benzene rings is 3. The van der Waals surface area contributed by atoms with Crippen molar-refractivity contribution in [2.24, 2.45) is 11.3 Å². The Labute approximate surface area is 230 Å². The third-order valence-corrected chi connectivity index (χ3v) is 9.27. The molecule has 2 heterocycles. The third kappa shape index (κ3) is 3.86. The van der Waals surface area contributed by atoms with Gasteiger partial charge in [0.2, 0.25) is 0 Å². The number of nitrogens with one attached hydrogen (secondary N) is 1. The average molecular weight is 542 g/mol. The van der Waals surface area contributed by atoms with E-state index in [0.717, 1.165) is 34.9 Å². The number of rotatable bonds is 6. The predicted octanol–water partition coefficient (Wildman–Crippen LogP) is 5.50. The van der Waals surface area contributed by atoms with Crippen LogP contribution in [0.3, 0.4) is 0 Å². The fourth-order valence-corrected chi connectivity index (χ4v) is 6.97. The number of carboxylic acids is 1. The van der Waals surface area contributed by atoms with Crippen LogP contribution in [0.25, 0.3) is 22.0 Å². The summed E-state index contributed by atoms with van der Waals surface area (Å²) in [6.45, 7) is 0.885. The van der Waals surface area contributed by atoms with Crippen molar-refractivity contribution in [1.29, 1.82) is 0 Å². The lowest BCUT2D eigenvalue weighted by atomic mass is 9.50. The zero-order chi connectivity index (χ0) is 26.8. The smallest absolute Gasteiger partial charge is 0.306 e. The molecule has 0 bridgehead atoms. The number of aliphatic carboxylic acids is 1. The van der Waals surface area contributed by atoms with Crippen LogP contribution in [0.1, 0.15) is 41.6 Å². The Balaban J connectivity index is 1.18. The number of carboxylic acid groups (broad SMARTS) is 1. The Bertz CT molecular complexity index is 1580. The van der Waals surface area contributed by atoms with Gasteiger partial charge in [0.15, 0.2) is 0 Å². The standard InChI is InChI=1S/C31H28ClN3O4/c32-26-11-10-24(28(36)34-23-14-30(15-23)12-21(13-30)29(37)38)27-25(26)16-33-35(27)31(17-39-18-31)22-8-6-20(7-9-22)19-4-2-1-3-5-19/h1-11,16,21,23H,12-15,17-18H2,(H,34,36)(H,37,38). The largest absolute Gasteiger partial charge is 0.481 e. The highest BCUT2D eigenvalue weighted by molar-refractivity contribution is 6.36. The van der Waals surface area contributed by atoms with Crippen LogP contribution in [-0.4, -0.2) is 46.0 Å². The van der Waals surface area contributed by atoms with Gasteiger partial charge in [-0.2, -0.15) is 5.10 Å². The second kappa shape index (κ2) is 8.93. The molecule has 39 heavy (non-hydrogen) atoms. The molecule has 7 rings (SSSR count). The Hall–Kier alpha value is -3.68. The third-order valence-electron chi connectivity index (χ3n) is 8.94. The zero-order valence-corrected chi connectivity index (χ0v) is 22.0. The molecule has 1 aromatic heterocycles. The molecule has 4 aromatic rings. The second-order valence-electron chi connectivity index (χ2n) is 11.4. The predicted molar refractivity (Wildman–Crippen MR) is 148 cm³/mol. The summed E-state index contributed by atoms with van der Waals surface area (Å²) < 4.78 is 7.65. The van der Waals surface area contributed by atoms with Gasteiger partial charge >= 0.3 is 5.97 Å². The first kappa shape index (κ1) is 24.4. The van der Waals surface area contributed by atoms with Crippen molar-refractivity contribution in [2.45, 2.75) is 37.3 Å². The van der Waals surface area contributed by atoms with Gasteiger partial charge in [-0.3, -0.25) is 9.59 Å². The quantitative estimate of drug-likeness (QED) is 0.336. The molecule has 3 aliphatic rings. The zero-order valence-electron chi connectivity index (χ0n) is 21.3. The Kier molecular flexibility index (Phi) is 5.58. The van der Waals surface area contributed by atoms with Crippen molar-refractivity contribution in [3.8, 4) is 11.1 Å². The molecule has 0 unspecified atom stereocenters. The highest BCUT2D eigenvalue weighted by Crippen LogP contribution is 2.58. The number of carbonyl (C=O) groups excluding carboxylic acids is 1. The number of aromatic nitrogens is 2. The van der Waals surface area contributed by atoms with Crippen molar-refractivity contribution in [1.82, 2.24) is 15.1 Å². The van der Waals surface area contributed by atoms with Crippen LogP contribution in [0.4, 0.5) is 0 Å². The molecule has 0 radical (unpaired) electrons. The molecule has 3 fully saturated rings.